The van der Waals surface area contributed by atoms with Crippen molar-refractivity contribution in [1.82, 2.24) is 9.97 Å². The van der Waals surface area contributed by atoms with Crippen molar-refractivity contribution in [2.24, 2.45) is 5.92 Å². The van der Waals surface area contributed by atoms with E-state index < -0.39 is 0 Å². The summed E-state index contributed by atoms with van der Waals surface area (Å²) in [6, 6.07) is 11.6. The number of aliphatic hydroxyl groups is 1. The first-order chi connectivity index (χ1) is 10.1. The van der Waals surface area contributed by atoms with E-state index in [0.29, 0.717) is 11.0 Å². The van der Waals surface area contributed by atoms with E-state index in [4.69, 9.17) is 11.6 Å². The molecule has 0 bridgehead atoms. The van der Waals surface area contributed by atoms with E-state index in [1.165, 1.54) is 0 Å². The van der Waals surface area contributed by atoms with Gasteiger partial charge in [0.1, 0.15) is 11.0 Å². The topological polar surface area (TPSA) is 49.2 Å². The number of hydrogen-bond donors (Lipinski definition) is 1. The van der Waals surface area contributed by atoms with Crippen LogP contribution in [0.2, 0.25) is 5.15 Å². The molecule has 1 aromatic carbocycles. The molecule has 2 heterocycles. The Morgan fingerprint density at radius 2 is 2.00 bits per heavy atom. The van der Waals surface area contributed by atoms with Gasteiger partial charge in [-0.2, -0.15) is 0 Å². The molecular formula is C16H18ClN3O. The fourth-order valence-corrected chi connectivity index (χ4v) is 2.80. The first kappa shape index (κ1) is 14.3. The van der Waals surface area contributed by atoms with Crippen molar-refractivity contribution in [1.29, 1.82) is 0 Å². The van der Waals surface area contributed by atoms with Crippen LogP contribution in [0.25, 0.3) is 11.4 Å². The van der Waals surface area contributed by atoms with Crippen molar-refractivity contribution < 1.29 is 5.11 Å². The molecule has 1 N–H and O–H groups in total. The van der Waals surface area contributed by atoms with Gasteiger partial charge in [0.05, 0.1) is 6.10 Å². The van der Waals surface area contributed by atoms with Crippen molar-refractivity contribution in [2.75, 3.05) is 18.0 Å². The molecule has 21 heavy (non-hydrogen) atoms. The lowest BCUT2D eigenvalue weighted by Crippen LogP contribution is -2.42. The monoisotopic (exact) mass is 303 g/mol. The molecule has 1 fully saturated rings. The van der Waals surface area contributed by atoms with Gasteiger partial charge in [0.2, 0.25) is 0 Å². The molecule has 1 aliphatic heterocycles. The summed E-state index contributed by atoms with van der Waals surface area (Å²) in [5.74, 6) is 1.69. The highest BCUT2D eigenvalue weighted by Gasteiger charge is 2.25. The Labute approximate surface area is 129 Å². The molecule has 2 aromatic rings. The van der Waals surface area contributed by atoms with E-state index in [-0.39, 0.29) is 12.0 Å². The molecule has 2 unspecified atom stereocenters. The van der Waals surface area contributed by atoms with Gasteiger partial charge in [0.25, 0.3) is 0 Å². The van der Waals surface area contributed by atoms with Gasteiger partial charge in [0.15, 0.2) is 5.82 Å². The Bertz CT molecular complexity index is 620. The second kappa shape index (κ2) is 6.00. The van der Waals surface area contributed by atoms with Gasteiger partial charge in [-0.05, 0) is 12.3 Å². The van der Waals surface area contributed by atoms with Crippen LogP contribution in [-0.2, 0) is 0 Å². The molecule has 110 valence electrons. The number of benzene rings is 1. The van der Waals surface area contributed by atoms with Gasteiger partial charge < -0.3 is 10.0 Å². The van der Waals surface area contributed by atoms with Crippen LogP contribution >= 0.6 is 11.6 Å². The molecule has 0 spiro atoms. The maximum absolute atomic E-state index is 9.84. The number of halogens is 1. The van der Waals surface area contributed by atoms with Crippen LogP contribution in [0.5, 0.6) is 0 Å². The standard InChI is InChI=1S/C16H18ClN3O/c1-11-10-20(8-7-13(11)21)15-9-14(17)18-16(19-15)12-5-3-2-4-6-12/h2-6,9,11,13,21H,7-8,10H2,1H3. The van der Waals surface area contributed by atoms with Gasteiger partial charge in [-0.25, -0.2) is 9.97 Å². The summed E-state index contributed by atoms with van der Waals surface area (Å²) in [6.07, 6.45) is 0.524. The number of rotatable bonds is 2. The zero-order valence-electron chi connectivity index (χ0n) is 11.9. The third kappa shape index (κ3) is 3.17. The smallest absolute Gasteiger partial charge is 0.163 e. The van der Waals surface area contributed by atoms with E-state index >= 15 is 0 Å². The van der Waals surface area contributed by atoms with Crippen LogP contribution < -0.4 is 4.90 Å². The zero-order chi connectivity index (χ0) is 14.8. The fraction of sp³-hybridized carbons (Fsp3) is 0.375. The summed E-state index contributed by atoms with van der Waals surface area (Å²) < 4.78 is 0. The van der Waals surface area contributed by atoms with Crippen molar-refractivity contribution in [3.63, 3.8) is 0 Å². The molecule has 1 aliphatic rings. The minimum Gasteiger partial charge on any atom is -0.393 e. The van der Waals surface area contributed by atoms with Crippen LogP contribution in [0.1, 0.15) is 13.3 Å². The van der Waals surface area contributed by atoms with E-state index in [0.717, 1.165) is 30.9 Å². The van der Waals surface area contributed by atoms with Crippen molar-refractivity contribution in [2.45, 2.75) is 19.4 Å². The van der Waals surface area contributed by atoms with Crippen LogP contribution in [0.15, 0.2) is 36.4 Å². The average molecular weight is 304 g/mol. The minimum absolute atomic E-state index is 0.229. The SMILES string of the molecule is CC1CN(c2cc(Cl)nc(-c3ccccc3)n2)CCC1O. The number of aromatic nitrogens is 2. The van der Waals surface area contributed by atoms with Crippen LogP contribution in [-0.4, -0.2) is 34.3 Å². The van der Waals surface area contributed by atoms with E-state index in [9.17, 15) is 5.11 Å². The Morgan fingerprint density at radius 3 is 2.71 bits per heavy atom. The number of nitrogens with zero attached hydrogens (tertiary/aromatic N) is 3. The summed E-state index contributed by atoms with van der Waals surface area (Å²) in [5.41, 5.74) is 0.950. The Kier molecular flexibility index (Phi) is 4.08. The molecule has 3 rings (SSSR count). The summed E-state index contributed by atoms with van der Waals surface area (Å²) in [4.78, 5) is 11.1. The Morgan fingerprint density at radius 1 is 1.24 bits per heavy atom. The minimum atomic E-state index is -0.229. The predicted molar refractivity (Wildman–Crippen MR) is 84.5 cm³/mol. The molecular weight excluding hydrogens is 286 g/mol. The summed E-state index contributed by atoms with van der Waals surface area (Å²) in [7, 11) is 0. The molecule has 0 saturated carbocycles. The lowest BCUT2D eigenvalue weighted by atomic mass is 9.97. The largest absolute Gasteiger partial charge is 0.393 e. The van der Waals surface area contributed by atoms with Gasteiger partial charge >= 0.3 is 0 Å². The molecule has 0 radical (unpaired) electrons. The van der Waals surface area contributed by atoms with Crippen LogP contribution in [0.3, 0.4) is 0 Å². The molecule has 0 aliphatic carbocycles. The average Bonchev–Trinajstić information content (AvgIpc) is 2.50. The third-order valence-electron chi connectivity index (χ3n) is 3.90. The summed E-state index contributed by atoms with van der Waals surface area (Å²) in [5, 5.41) is 10.3. The maximum Gasteiger partial charge on any atom is 0.163 e. The Hall–Kier alpha value is -1.65. The zero-order valence-corrected chi connectivity index (χ0v) is 12.7. The first-order valence-electron chi connectivity index (χ1n) is 7.16. The van der Waals surface area contributed by atoms with Gasteiger partial charge in [-0.1, -0.05) is 48.9 Å². The number of aliphatic hydroxyl groups excluding tert-OH is 1. The van der Waals surface area contributed by atoms with E-state index in [1.54, 1.807) is 6.07 Å². The van der Waals surface area contributed by atoms with Crippen molar-refractivity contribution >= 4 is 17.4 Å². The number of anilines is 1. The van der Waals surface area contributed by atoms with E-state index in [1.807, 2.05) is 30.3 Å². The predicted octanol–water partition coefficient (Wildman–Crippen LogP) is 3.00. The molecule has 1 saturated heterocycles. The lowest BCUT2D eigenvalue weighted by Gasteiger charge is -2.35. The first-order valence-corrected chi connectivity index (χ1v) is 7.54. The second-order valence-electron chi connectivity index (χ2n) is 5.52. The summed E-state index contributed by atoms with van der Waals surface area (Å²) >= 11 is 6.16. The fourth-order valence-electron chi connectivity index (χ4n) is 2.63. The highest BCUT2D eigenvalue weighted by molar-refractivity contribution is 6.29. The molecule has 1 aromatic heterocycles. The summed E-state index contributed by atoms with van der Waals surface area (Å²) in [6.45, 7) is 3.62. The molecule has 4 nitrogen and oxygen atoms in total. The van der Waals surface area contributed by atoms with Gasteiger partial charge in [0, 0.05) is 24.7 Å². The highest BCUT2D eigenvalue weighted by atomic mass is 35.5. The highest BCUT2D eigenvalue weighted by Crippen LogP contribution is 2.26. The van der Waals surface area contributed by atoms with E-state index in [2.05, 4.69) is 21.8 Å². The van der Waals surface area contributed by atoms with Crippen molar-refractivity contribution in [3.05, 3.63) is 41.6 Å². The normalized spacial score (nSPS) is 22.3. The number of piperidine rings is 1. The van der Waals surface area contributed by atoms with Gasteiger partial charge in [-0.15, -0.1) is 0 Å². The maximum atomic E-state index is 9.84. The molecule has 5 heteroatoms. The Balaban J connectivity index is 1.92. The van der Waals surface area contributed by atoms with Gasteiger partial charge in [-0.3, -0.25) is 0 Å². The van der Waals surface area contributed by atoms with Crippen molar-refractivity contribution in [3.8, 4) is 11.4 Å². The lowest BCUT2D eigenvalue weighted by molar-refractivity contribution is 0.0969. The quantitative estimate of drug-likeness (QED) is 0.867. The number of hydrogen-bond acceptors (Lipinski definition) is 4. The van der Waals surface area contributed by atoms with Crippen LogP contribution in [0, 0.1) is 5.92 Å². The third-order valence-corrected chi connectivity index (χ3v) is 4.09. The van der Waals surface area contributed by atoms with Crippen LogP contribution in [0.4, 0.5) is 5.82 Å². The molecule has 2 atom stereocenters. The molecule has 0 amide bonds. The second-order valence-corrected chi connectivity index (χ2v) is 5.91.